The minimum atomic E-state index is -0.492. The Morgan fingerprint density at radius 3 is 2.84 bits per heavy atom. The summed E-state index contributed by atoms with van der Waals surface area (Å²) < 4.78 is 10.3. The normalized spacial score (nSPS) is 13.0. The van der Waals surface area contributed by atoms with Crippen molar-refractivity contribution in [2.24, 2.45) is 0 Å². The second-order valence-electron chi connectivity index (χ2n) is 6.22. The fourth-order valence-electron chi connectivity index (χ4n) is 3.23. The van der Waals surface area contributed by atoms with Crippen molar-refractivity contribution in [3.63, 3.8) is 0 Å². The van der Waals surface area contributed by atoms with Gasteiger partial charge < -0.3 is 9.26 Å². The summed E-state index contributed by atoms with van der Waals surface area (Å²) in [7, 11) is 0. The summed E-state index contributed by atoms with van der Waals surface area (Å²) in [5, 5.41) is 4.68. The molecule has 5 nitrogen and oxygen atoms in total. The van der Waals surface area contributed by atoms with Crippen LogP contribution in [-0.4, -0.2) is 23.5 Å². The number of benzene rings is 2. The summed E-state index contributed by atoms with van der Waals surface area (Å²) in [5.74, 6) is -0.679. The number of fused-ring (bicyclic) bond motifs is 2. The van der Waals surface area contributed by atoms with Gasteiger partial charge in [-0.1, -0.05) is 29.4 Å². The first-order chi connectivity index (χ1) is 12.2. The number of ether oxygens (including phenoxy) is 1. The summed E-state index contributed by atoms with van der Waals surface area (Å²) in [5.41, 5.74) is 4.28. The van der Waals surface area contributed by atoms with Gasteiger partial charge in [-0.05, 0) is 48.6 Å². The number of rotatable bonds is 5. The molecule has 0 radical (unpaired) electrons. The zero-order valence-corrected chi connectivity index (χ0v) is 13.7. The van der Waals surface area contributed by atoms with E-state index in [9.17, 15) is 9.59 Å². The lowest BCUT2D eigenvalue weighted by molar-refractivity contribution is -0.141. The van der Waals surface area contributed by atoms with Crippen LogP contribution in [0.25, 0.3) is 11.0 Å². The van der Waals surface area contributed by atoms with E-state index in [0.717, 1.165) is 24.6 Å². The second-order valence-corrected chi connectivity index (χ2v) is 6.22. The third-order valence-electron chi connectivity index (χ3n) is 4.55. The zero-order chi connectivity index (χ0) is 17.2. The predicted octanol–water partition coefficient (Wildman–Crippen LogP) is 3.29. The van der Waals surface area contributed by atoms with Crippen molar-refractivity contribution in [1.29, 1.82) is 0 Å². The van der Waals surface area contributed by atoms with Crippen LogP contribution in [-0.2, 0) is 28.8 Å². The Kier molecular flexibility index (Phi) is 4.06. The molecule has 0 spiro atoms. The quantitative estimate of drug-likeness (QED) is 0.529. The Balaban J connectivity index is 1.37. The number of ketones is 1. The fraction of sp³-hybridized carbons (Fsp3) is 0.250. The van der Waals surface area contributed by atoms with Gasteiger partial charge in [0, 0.05) is 10.9 Å². The van der Waals surface area contributed by atoms with Gasteiger partial charge in [0.1, 0.15) is 5.69 Å². The lowest BCUT2D eigenvalue weighted by Crippen LogP contribution is -2.16. The number of carbonyl (C=O) groups excluding carboxylic acids is 2. The molecule has 0 amide bonds. The maximum absolute atomic E-state index is 12.3. The number of hydrogen-bond donors (Lipinski definition) is 0. The molecule has 25 heavy (non-hydrogen) atoms. The summed E-state index contributed by atoms with van der Waals surface area (Å²) in [4.78, 5) is 24.3. The third-order valence-corrected chi connectivity index (χ3v) is 4.55. The Labute approximate surface area is 144 Å². The number of para-hydroxylation sites is 1. The van der Waals surface area contributed by atoms with Crippen LogP contribution >= 0.6 is 0 Å². The molecule has 1 aliphatic rings. The molecule has 4 rings (SSSR count). The number of hydrogen-bond acceptors (Lipinski definition) is 5. The molecule has 1 aliphatic carbocycles. The molecule has 0 aliphatic heterocycles. The standard InChI is InChI=1S/C20H17NO4/c22-18(15-9-8-13-4-3-5-14(13)10-15)12-24-20(23)11-17-16-6-1-2-7-19(16)25-21-17/h1-2,6-10H,3-5,11-12H2. The van der Waals surface area contributed by atoms with Gasteiger partial charge in [0.15, 0.2) is 18.0 Å². The first-order valence-electron chi connectivity index (χ1n) is 8.34. The first kappa shape index (κ1) is 15.6. The molecule has 0 fully saturated rings. The summed E-state index contributed by atoms with van der Waals surface area (Å²) in [6.07, 6.45) is 3.20. The highest BCUT2D eigenvalue weighted by Gasteiger charge is 2.17. The minimum absolute atomic E-state index is 0.0194. The molecule has 0 N–H and O–H groups in total. The van der Waals surface area contributed by atoms with Gasteiger partial charge in [-0.2, -0.15) is 0 Å². The van der Waals surface area contributed by atoms with Gasteiger partial charge in [0.25, 0.3) is 0 Å². The first-order valence-corrected chi connectivity index (χ1v) is 8.34. The highest BCUT2D eigenvalue weighted by Crippen LogP contribution is 2.23. The van der Waals surface area contributed by atoms with Gasteiger partial charge >= 0.3 is 5.97 Å². The Morgan fingerprint density at radius 2 is 1.92 bits per heavy atom. The highest BCUT2D eigenvalue weighted by molar-refractivity contribution is 5.98. The van der Waals surface area contributed by atoms with Crippen molar-refractivity contribution in [3.8, 4) is 0 Å². The van der Waals surface area contributed by atoms with E-state index in [0.29, 0.717) is 16.8 Å². The van der Waals surface area contributed by atoms with E-state index in [-0.39, 0.29) is 18.8 Å². The number of nitrogens with zero attached hydrogens (tertiary/aromatic N) is 1. The number of aromatic nitrogens is 1. The maximum Gasteiger partial charge on any atom is 0.312 e. The van der Waals surface area contributed by atoms with Crippen LogP contribution < -0.4 is 0 Å². The molecule has 3 aromatic rings. The molecule has 2 aromatic carbocycles. The monoisotopic (exact) mass is 335 g/mol. The molecule has 0 unspecified atom stereocenters. The van der Waals surface area contributed by atoms with E-state index in [4.69, 9.17) is 9.26 Å². The molecule has 1 heterocycles. The van der Waals surface area contributed by atoms with E-state index in [1.54, 1.807) is 6.07 Å². The number of aryl methyl sites for hydroxylation is 2. The van der Waals surface area contributed by atoms with Gasteiger partial charge in [-0.25, -0.2) is 0 Å². The number of carbonyl (C=O) groups is 2. The Hall–Kier alpha value is -2.95. The molecule has 0 atom stereocenters. The summed E-state index contributed by atoms with van der Waals surface area (Å²) in [6.45, 7) is -0.257. The van der Waals surface area contributed by atoms with Crippen LogP contribution in [0.15, 0.2) is 47.0 Å². The van der Waals surface area contributed by atoms with Crippen LogP contribution in [0, 0.1) is 0 Å². The fourth-order valence-corrected chi connectivity index (χ4v) is 3.23. The number of Topliss-reactive ketones (excluding diaryl/α,β-unsaturated/α-hetero) is 1. The molecule has 0 saturated carbocycles. The average molecular weight is 335 g/mol. The van der Waals surface area contributed by atoms with Crippen LogP contribution in [0.5, 0.6) is 0 Å². The van der Waals surface area contributed by atoms with Crippen molar-refractivity contribution < 1.29 is 18.8 Å². The van der Waals surface area contributed by atoms with Crippen molar-refractivity contribution in [1.82, 2.24) is 5.16 Å². The van der Waals surface area contributed by atoms with E-state index >= 15 is 0 Å². The minimum Gasteiger partial charge on any atom is -0.457 e. The lowest BCUT2D eigenvalue weighted by Gasteiger charge is -2.05. The van der Waals surface area contributed by atoms with E-state index in [1.165, 1.54) is 11.1 Å². The van der Waals surface area contributed by atoms with Gasteiger partial charge in [-0.15, -0.1) is 0 Å². The Bertz CT molecular complexity index is 957. The highest BCUT2D eigenvalue weighted by atomic mass is 16.5. The summed E-state index contributed by atoms with van der Waals surface area (Å²) >= 11 is 0. The van der Waals surface area contributed by atoms with Gasteiger partial charge in [0.05, 0.1) is 6.42 Å². The molecule has 0 bridgehead atoms. The molecule has 126 valence electrons. The predicted molar refractivity (Wildman–Crippen MR) is 91.5 cm³/mol. The molecular weight excluding hydrogens is 318 g/mol. The summed E-state index contributed by atoms with van der Waals surface area (Å²) in [6, 6.07) is 13.0. The van der Waals surface area contributed by atoms with Gasteiger partial charge in [0.2, 0.25) is 0 Å². The van der Waals surface area contributed by atoms with Crippen LogP contribution in [0.4, 0.5) is 0 Å². The van der Waals surface area contributed by atoms with Crippen LogP contribution in [0.3, 0.4) is 0 Å². The third kappa shape index (κ3) is 3.18. The van der Waals surface area contributed by atoms with E-state index in [2.05, 4.69) is 5.16 Å². The number of esters is 1. The smallest absolute Gasteiger partial charge is 0.312 e. The van der Waals surface area contributed by atoms with E-state index < -0.39 is 5.97 Å². The largest absolute Gasteiger partial charge is 0.457 e. The average Bonchev–Trinajstić information content (AvgIpc) is 3.26. The second kappa shape index (κ2) is 6.51. The van der Waals surface area contributed by atoms with Crippen LogP contribution in [0.1, 0.15) is 33.6 Å². The molecular formula is C20H17NO4. The lowest BCUT2D eigenvalue weighted by atomic mass is 10.0. The van der Waals surface area contributed by atoms with Gasteiger partial charge in [-0.3, -0.25) is 9.59 Å². The van der Waals surface area contributed by atoms with E-state index in [1.807, 2.05) is 36.4 Å². The maximum atomic E-state index is 12.3. The van der Waals surface area contributed by atoms with Crippen LogP contribution in [0.2, 0.25) is 0 Å². The SMILES string of the molecule is O=C(Cc1noc2ccccc12)OCC(=O)c1ccc2c(c1)CCC2. The zero-order valence-electron chi connectivity index (χ0n) is 13.7. The van der Waals surface area contributed by atoms with Crippen molar-refractivity contribution in [3.05, 3.63) is 64.8 Å². The molecule has 1 aromatic heterocycles. The van der Waals surface area contributed by atoms with Crippen molar-refractivity contribution in [2.75, 3.05) is 6.61 Å². The molecule has 5 heteroatoms. The molecule has 0 saturated heterocycles. The van der Waals surface area contributed by atoms with Crippen molar-refractivity contribution in [2.45, 2.75) is 25.7 Å². The van der Waals surface area contributed by atoms with Crippen molar-refractivity contribution >= 4 is 22.7 Å². The Morgan fingerprint density at radius 1 is 1.08 bits per heavy atom. The topological polar surface area (TPSA) is 69.4 Å².